The van der Waals surface area contributed by atoms with Gasteiger partial charge in [0.25, 0.3) is 11.6 Å². The zero-order valence-electron chi connectivity index (χ0n) is 21.0. The van der Waals surface area contributed by atoms with Crippen molar-refractivity contribution in [2.75, 3.05) is 26.2 Å². The first-order chi connectivity index (χ1) is 16.9. The van der Waals surface area contributed by atoms with Crippen LogP contribution in [0, 0.1) is 17.0 Å². The molecule has 0 N–H and O–H groups in total. The number of nitrogens with zero attached hydrogens (tertiary/aromatic N) is 5. The lowest BCUT2D eigenvalue weighted by Crippen LogP contribution is -2.51. The number of ether oxygens (including phenoxy) is 2. The van der Waals surface area contributed by atoms with Crippen LogP contribution in [0.4, 0.5) is 10.5 Å². The van der Waals surface area contributed by atoms with Gasteiger partial charge < -0.3 is 23.8 Å². The molecule has 190 valence electrons. The van der Waals surface area contributed by atoms with E-state index in [0.717, 1.165) is 10.9 Å². The summed E-state index contributed by atoms with van der Waals surface area (Å²) in [5.41, 5.74) is 1.00. The largest absolute Gasteiger partial charge is 0.444 e. The van der Waals surface area contributed by atoms with Crippen LogP contribution in [0.15, 0.2) is 36.4 Å². The van der Waals surface area contributed by atoms with Gasteiger partial charge in [-0.05, 0) is 52.0 Å². The third-order valence-corrected chi connectivity index (χ3v) is 5.90. The van der Waals surface area contributed by atoms with Gasteiger partial charge in [0.1, 0.15) is 22.7 Å². The number of hydrogen-bond acceptors (Lipinski definition) is 7. The summed E-state index contributed by atoms with van der Waals surface area (Å²) in [6, 6.07) is 10.0. The number of carbonyl (C=O) groups is 2. The number of nitro groups is 1. The van der Waals surface area contributed by atoms with Crippen molar-refractivity contribution in [2.45, 2.75) is 33.3 Å². The number of aromatic nitrogens is 2. The van der Waals surface area contributed by atoms with Crippen LogP contribution in [-0.4, -0.2) is 68.1 Å². The zero-order chi connectivity index (χ0) is 26.2. The van der Waals surface area contributed by atoms with Crippen LogP contribution < -0.4 is 4.74 Å². The fourth-order valence-corrected chi connectivity index (χ4v) is 4.08. The zero-order valence-corrected chi connectivity index (χ0v) is 21.0. The van der Waals surface area contributed by atoms with Crippen molar-refractivity contribution in [2.24, 2.45) is 7.05 Å². The van der Waals surface area contributed by atoms with Crippen molar-refractivity contribution in [1.29, 1.82) is 0 Å². The third kappa shape index (κ3) is 5.24. The Balaban J connectivity index is 1.47. The minimum absolute atomic E-state index is 0.0732. The van der Waals surface area contributed by atoms with Crippen LogP contribution in [0.1, 0.15) is 37.0 Å². The summed E-state index contributed by atoms with van der Waals surface area (Å²) in [4.78, 5) is 43.6. The van der Waals surface area contributed by atoms with E-state index in [1.807, 2.05) is 38.5 Å². The fraction of sp³-hybridized carbons (Fsp3) is 0.400. The molecule has 0 unspecified atom stereocenters. The molecule has 1 aliphatic heterocycles. The SMILES string of the molecule is Cc1nc(Oc2ccc3c(c2)cc(C(=O)N2CCN(C(=O)OC(C)(C)C)CC2)n3C)ccc1[N+](=O)[O-]. The smallest absolute Gasteiger partial charge is 0.410 e. The Morgan fingerprint density at radius 2 is 1.69 bits per heavy atom. The Morgan fingerprint density at radius 3 is 2.31 bits per heavy atom. The van der Waals surface area contributed by atoms with Crippen molar-refractivity contribution < 1.29 is 24.0 Å². The number of fused-ring (bicyclic) bond motifs is 1. The number of carbonyl (C=O) groups excluding carboxylic acids is 2. The van der Waals surface area contributed by atoms with Gasteiger partial charge in [0.05, 0.1) is 4.92 Å². The van der Waals surface area contributed by atoms with Gasteiger partial charge in [0.2, 0.25) is 5.88 Å². The van der Waals surface area contributed by atoms with Crippen molar-refractivity contribution >= 4 is 28.6 Å². The summed E-state index contributed by atoms with van der Waals surface area (Å²) < 4.78 is 13.1. The first-order valence-corrected chi connectivity index (χ1v) is 11.6. The molecule has 3 aromatic rings. The van der Waals surface area contributed by atoms with E-state index in [0.29, 0.717) is 37.6 Å². The Labute approximate surface area is 208 Å². The van der Waals surface area contributed by atoms with Crippen molar-refractivity contribution in [3.8, 4) is 11.6 Å². The fourth-order valence-electron chi connectivity index (χ4n) is 4.08. The van der Waals surface area contributed by atoms with Crippen LogP contribution in [-0.2, 0) is 11.8 Å². The molecule has 2 amide bonds. The minimum Gasteiger partial charge on any atom is -0.444 e. The van der Waals surface area contributed by atoms with Crippen LogP contribution in [0.25, 0.3) is 10.9 Å². The van der Waals surface area contributed by atoms with Gasteiger partial charge in [-0.1, -0.05) is 0 Å². The monoisotopic (exact) mass is 495 g/mol. The number of piperazine rings is 1. The lowest BCUT2D eigenvalue weighted by molar-refractivity contribution is -0.385. The predicted octanol–water partition coefficient (Wildman–Crippen LogP) is 4.28. The quantitative estimate of drug-likeness (QED) is 0.391. The highest BCUT2D eigenvalue weighted by molar-refractivity contribution is 5.99. The maximum absolute atomic E-state index is 13.3. The molecule has 11 heteroatoms. The molecule has 36 heavy (non-hydrogen) atoms. The number of aryl methyl sites for hydroxylation is 2. The molecule has 1 aliphatic rings. The second-order valence-electron chi connectivity index (χ2n) is 9.68. The van der Waals surface area contributed by atoms with Crippen molar-refractivity contribution in [1.82, 2.24) is 19.4 Å². The maximum atomic E-state index is 13.3. The van der Waals surface area contributed by atoms with E-state index in [4.69, 9.17) is 9.47 Å². The molecule has 0 radical (unpaired) electrons. The molecule has 2 aromatic heterocycles. The molecule has 0 spiro atoms. The van der Waals surface area contributed by atoms with E-state index in [1.54, 1.807) is 34.9 Å². The Kier molecular flexibility index (Phi) is 6.57. The molecule has 0 saturated carbocycles. The molecule has 1 aromatic carbocycles. The Morgan fingerprint density at radius 1 is 1.03 bits per heavy atom. The molecule has 0 aliphatic carbocycles. The number of rotatable bonds is 4. The van der Waals surface area contributed by atoms with E-state index in [1.165, 1.54) is 12.1 Å². The Hall–Kier alpha value is -4.15. The van der Waals surface area contributed by atoms with E-state index in [-0.39, 0.29) is 29.3 Å². The number of pyridine rings is 1. The average molecular weight is 496 g/mol. The normalized spacial score (nSPS) is 14.1. The molecular formula is C25H29N5O6. The molecule has 0 bridgehead atoms. The summed E-state index contributed by atoms with van der Waals surface area (Å²) in [7, 11) is 1.83. The van der Waals surface area contributed by atoms with Gasteiger partial charge in [0, 0.05) is 56.3 Å². The van der Waals surface area contributed by atoms with Gasteiger partial charge in [-0.2, -0.15) is 0 Å². The predicted molar refractivity (Wildman–Crippen MR) is 132 cm³/mol. The van der Waals surface area contributed by atoms with Crippen LogP contribution in [0.5, 0.6) is 11.6 Å². The van der Waals surface area contributed by atoms with Crippen molar-refractivity contribution in [3.63, 3.8) is 0 Å². The molecule has 11 nitrogen and oxygen atoms in total. The van der Waals surface area contributed by atoms with Crippen LogP contribution >= 0.6 is 0 Å². The van der Waals surface area contributed by atoms with Gasteiger partial charge in [-0.15, -0.1) is 0 Å². The first kappa shape index (κ1) is 25.0. The van der Waals surface area contributed by atoms with Crippen LogP contribution in [0.2, 0.25) is 0 Å². The summed E-state index contributed by atoms with van der Waals surface area (Å²) in [6.07, 6.45) is -0.371. The second-order valence-corrected chi connectivity index (χ2v) is 9.68. The summed E-state index contributed by atoms with van der Waals surface area (Å²) in [5, 5.41) is 11.8. The van der Waals surface area contributed by atoms with E-state index >= 15 is 0 Å². The lowest BCUT2D eigenvalue weighted by Gasteiger charge is -2.35. The lowest BCUT2D eigenvalue weighted by atomic mass is 10.2. The van der Waals surface area contributed by atoms with E-state index < -0.39 is 10.5 Å². The molecular weight excluding hydrogens is 466 g/mol. The number of benzene rings is 1. The molecule has 4 rings (SSSR count). The third-order valence-electron chi connectivity index (χ3n) is 5.90. The van der Waals surface area contributed by atoms with Crippen LogP contribution in [0.3, 0.4) is 0 Å². The highest BCUT2D eigenvalue weighted by Crippen LogP contribution is 2.29. The molecule has 0 atom stereocenters. The minimum atomic E-state index is -0.566. The number of hydrogen-bond donors (Lipinski definition) is 0. The van der Waals surface area contributed by atoms with Crippen molar-refractivity contribution in [3.05, 3.63) is 57.9 Å². The van der Waals surface area contributed by atoms with E-state index in [2.05, 4.69) is 4.98 Å². The maximum Gasteiger partial charge on any atom is 0.410 e. The topological polar surface area (TPSA) is 120 Å². The summed E-state index contributed by atoms with van der Waals surface area (Å²) >= 11 is 0. The summed E-state index contributed by atoms with van der Waals surface area (Å²) in [6.45, 7) is 8.67. The molecule has 1 saturated heterocycles. The van der Waals surface area contributed by atoms with Gasteiger partial charge in [0.15, 0.2) is 0 Å². The van der Waals surface area contributed by atoms with Gasteiger partial charge in [-0.3, -0.25) is 14.9 Å². The molecule has 1 fully saturated rings. The summed E-state index contributed by atoms with van der Waals surface area (Å²) in [5.74, 6) is 0.624. The van der Waals surface area contributed by atoms with Gasteiger partial charge >= 0.3 is 6.09 Å². The average Bonchev–Trinajstić information content (AvgIpc) is 3.13. The highest BCUT2D eigenvalue weighted by atomic mass is 16.6. The Bertz CT molecular complexity index is 1330. The first-order valence-electron chi connectivity index (χ1n) is 11.6. The highest BCUT2D eigenvalue weighted by Gasteiger charge is 2.29. The molecule has 3 heterocycles. The van der Waals surface area contributed by atoms with E-state index in [9.17, 15) is 19.7 Å². The standard InChI is InChI=1S/C25H29N5O6/c1-16-19(30(33)34)8-9-22(26-16)35-18-6-7-20-17(14-18)15-21(27(20)5)23(31)28-10-12-29(13-11-28)24(32)36-25(2,3)4/h6-9,14-15H,10-13H2,1-5H3. The number of amides is 2. The van der Waals surface area contributed by atoms with Gasteiger partial charge in [-0.25, -0.2) is 9.78 Å². The second kappa shape index (κ2) is 9.48.